The molecule has 0 aliphatic carbocycles. The summed E-state index contributed by atoms with van der Waals surface area (Å²) in [5.41, 5.74) is 2.65. The number of nitrogens with one attached hydrogen (secondary N) is 1. The van der Waals surface area contributed by atoms with Gasteiger partial charge in [0.15, 0.2) is 0 Å². The van der Waals surface area contributed by atoms with Crippen molar-refractivity contribution < 1.29 is 0 Å². The van der Waals surface area contributed by atoms with Gasteiger partial charge in [0.25, 0.3) is 0 Å². The van der Waals surface area contributed by atoms with Gasteiger partial charge in [-0.15, -0.1) is 0 Å². The minimum atomic E-state index is 0.702. The van der Waals surface area contributed by atoms with Crippen LogP contribution >= 0.6 is 0 Å². The fraction of sp³-hybridized carbons (Fsp3) is 0.333. The number of benzene rings is 2. The second kappa shape index (κ2) is 6.53. The Bertz CT molecular complexity index is 567. The van der Waals surface area contributed by atoms with Crippen LogP contribution in [0.5, 0.6) is 0 Å². The molecule has 100 valence electrons. The average molecular weight is 253 g/mol. The Morgan fingerprint density at radius 1 is 1.11 bits per heavy atom. The lowest BCUT2D eigenvalue weighted by molar-refractivity contribution is 0.572. The summed E-state index contributed by atoms with van der Waals surface area (Å²) in [5.74, 6) is 0.702. The lowest BCUT2D eigenvalue weighted by atomic mass is 10.1. The molecule has 2 aromatic carbocycles. The van der Waals surface area contributed by atoms with E-state index in [1.807, 2.05) is 0 Å². The molecule has 0 atom stereocenters. The van der Waals surface area contributed by atoms with Crippen LogP contribution in [0.4, 0.5) is 0 Å². The Labute approximate surface area is 116 Å². The minimum absolute atomic E-state index is 0.702. The Hall–Kier alpha value is -1.60. The molecule has 0 unspecified atom stereocenters. The Balaban J connectivity index is 2.07. The summed E-state index contributed by atoms with van der Waals surface area (Å²) >= 11 is 0. The van der Waals surface area contributed by atoms with E-state index < -0.39 is 0 Å². The molecule has 2 rings (SSSR count). The quantitative estimate of drug-likeness (QED) is 0.828. The first-order valence-electron chi connectivity index (χ1n) is 7.02. The smallest absolute Gasteiger partial charge is 0.0165 e. The molecule has 2 aromatic rings. The molecule has 0 saturated carbocycles. The highest BCUT2D eigenvalue weighted by Gasteiger charge is 1.96. The summed E-state index contributed by atoms with van der Waals surface area (Å²) in [4.78, 5) is 0. The molecule has 19 heavy (non-hydrogen) atoms. The van der Waals surface area contributed by atoms with Crippen LogP contribution in [0.3, 0.4) is 0 Å². The van der Waals surface area contributed by atoms with E-state index in [0.29, 0.717) is 5.92 Å². The predicted molar refractivity (Wildman–Crippen MR) is 85.3 cm³/mol. The van der Waals surface area contributed by atoms with Gasteiger partial charge in [-0.25, -0.2) is 0 Å². The van der Waals surface area contributed by atoms with Gasteiger partial charge in [-0.3, -0.25) is 0 Å². The van der Waals surface area contributed by atoms with Crippen LogP contribution in [0.2, 0.25) is 0 Å². The molecule has 0 fully saturated rings. The normalized spacial score (nSPS) is 12.3. The van der Waals surface area contributed by atoms with Crippen molar-refractivity contribution in [2.75, 3.05) is 13.1 Å². The van der Waals surface area contributed by atoms with Crippen molar-refractivity contribution in [1.29, 1.82) is 0 Å². The third kappa shape index (κ3) is 4.22. The van der Waals surface area contributed by atoms with Crippen LogP contribution in [0.1, 0.15) is 26.3 Å². The van der Waals surface area contributed by atoms with Crippen molar-refractivity contribution in [3.63, 3.8) is 0 Å². The molecule has 0 heterocycles. The standard InChI is InChI=1S/C18H23N/c1-14(2)12-19-13-15(3)10-16-8-9-17-6-4-5-7-18(17)11-16/h4-11,14,19H,12-13H2,1-3H3. The van der Waals surface area contributed by atoms with Crippen molar-refractivity contribution in [2.45, 2.75) is 20.8 Å². The van der Waals surface area contributed by atoms with E-state index in [1.54, 1.807) is 0 Å². The minimum Gasteiger partial charge on any atom is -0.313 e. The van der Waals surface area contributed by atoms with Crippen molar-refractivity contribution in [1.82, 2.24) is 5.32 Å². The molecule has 0 aromatic heterocycles. The van der Waals surface area contributed by atoms with Gasteiger partial charge in [0.1, 0.15) is 0 Å². The molecule has 0 amide bonds. The van der Waals surface area contributed by atoms with Gasteiger partial charge in [-0.05, 0) is 41.8 Å². The number of fused-ring (bicyclic) bond motifs is 1. The van der Waals surface area contributed by atoms with Crippen LogP contribution in [0, 0.1) is 5.92 Å². The van der Waals surface area contributed by atoms with Gasteiger partial charge < -0.3 is 5.32 Å². The molecule has 0 bridgehead atoms. The maximum atomic E-state index is 3.47. The van der Waals surface area contributed by atoms with Crippen molar-refractivity contribution in [3.05, 3.63) is 53.6 Å². The van der Waals surface area contributed by atoms with Crippen molar-refractivity contribution >= 4 is 16.8 Å². The first-order chi connectivity index (χ1) is 9.15. The molecule has 1 heteroatoms. The van der Waals surface area contributed by atoms with Gasteiger partial charge >= 0.3 is 0 Å². The average Bonchev–Trinajstić information content (AvgIpc) is 2.38. The lowest BCUT2D eigenvalue weighted by Gasteiger charge is -2.08. The molecular formula is C18H23N. The summed E-state index contributed by atoms with van der Waals surface area (Å²) in [7, 11) is 0. The molecule has 1 N–H and O–H groups in total. The fourth-order valence-electron chi connectivity index (χ4n) is 2.19. The van der Waals surface area contributed by atoms with Crippen LogP contribution in [-0.4, -0.2) is 13.1 Å². The predicted octanol–water partition coefficient (Wildman–Crippen LogP) is 4.49. The second-order valence-electron chi connectivity index (χ2n) is 5.62. The molecule has 0 saturated heterocycles. The summed E-state index contributed by atoms with van der Waals surface area (Å²) in [6.07, 6.45) is 2.26. The van der Waals surface area contributed by atoms with E-state index in [-0.39, 0.29) is 0 Å². The molecule has 1 nitrogen and oxygen atoms in total. The highest BCUT2D eigenvalue weighted by atomic mass is 14.8. The van der Waals surface area contributed by atoms with E-state index >= 15 is 0 Å². The van der Waals surface area contributed by atoms with Crippen LogP contribution < -0.4 is 5.32 Å². The van der Waals surface area contributed by atoms with Crippen molar-refractivity contribution in [3.8, 4) is 0 Å². The first kappa shape index (κ1) is 13.8. The lowest BCUT2D eigenvalue weighted by Crippen LogP contribution is -2.21. The zero-order chi connectivity index (χ0) is 13.7. The largest absolute Gasteiger partial charge is 0.313 e. The Morgan fingerprint density at radius 3 is 2.58 bits per heavy atom. The molecule has 0 spiro atoms. The number of hydrogen-bond donors (Lipinski definition) is 1. The van der Waals surface area contributed by atoms with Crippen LogP contribution in [0.15, 0.2) is 48.0 Å². The van der Waals surface area contributed by atoms with Gasteiger partial charge in [-0.2, -0.15) is 0 Å². The van der Waals surface area contributed by atoms with E-state index in [2.05, 4.69) is 74.6 Å². The van der Waals surface area contributed by atoms with Crippen molar-refractivity contribution in [2.24, 2.45) is 5.92 Å². The maximum Gasteiger partial charge on any atom is 0.0165 e. The summed E-state index contributed by atoms with van der Waals surface area (Å²) in [6, 6.07) is 15.1. The molecular weight excluding hydrogens is 230 g/mol. The molecule has 0 radical (unpaired) electrons. The van der Waals surface area contributed by atoms with Crippen LogP contribution in [-0.2, 0) is 0 Å². The van der Waals surface area contributed by atoms with E-state index in [0.717, 1.165) is 13.1 Å². The van der Waals surface area contributed by atoms with Gasteiger partial charge in [-0.1, -0.05) is 61.9 Å². The second-order valence-corrected chi connectivity index (χ2v) is 5.62. The fourth-order valence-corrected chi connectivity index (χ4v) is 2.19. The third-order valence-electron chi connectivity index (χ3n) is 3.14. The first-order valence-corrected chi connectivity index (χ1v) is 7.02. The third-order valence-corrected chi connectivity index (χ3v) is 3.14. The maximum absolute atomic E-state index is 3.47. The van der Waals surface area contributed by atoms with Gasteiger partial charge in [0.05, 0.1) is 0 Å². The zero-order valence-electron chi connectivity index (χ0n) is 12.1. The molecule has 0 aliphatic rings. The SMILES string of the molecule is CC(=Cc1ccc2ccccc2c1)CNCC(C)C. The summed E-state index contributed by atoms with van der Waals surface area (Å²) in [6.45, 7) is 8.68. The zero-order valence-corrected chi connectivity index (χ0v) is 12.1. The monoisotopic (exact) mass is 253 g/mol. The van der Waals surface area contributed by atoms with Gasteiger partial charge in [0.2, 0.25) is 0 Å². The van der Waals surface area contributed by atoms with Gasteiger partial charge in [0, 0.05) is 6.54 Å². The summed E-state index contributed by atoms with van der Waals surface area (Å²) in [5, 5.41) is 6.08. The number of hydrogen-bond acceptors (Lipinski definition) is 1. The highest BCUT2D eigenvalue weighted by molar-refractivity contribution is 5.84. The summed E-state index contributed by atoms with van der Waals surface area (Å²) < 4.78 is 0. The topological polar surface area (TPSA) is 12.0 Å². The highest BCUT2D eigenvalue weighted by Crippen LogP contribution is 2.17. The Kier molecular flexibility index (Phi) is 4.75. The van der Waals surface area contributed by atoms with E-state index in [1.165, 1.54) is 21.9 Å². The van der Waals surface area contributed by atoms with Crippen LogP contribution in [0.25, 0.3) is 16.8 Å². The molecule has 0 aliphatic heterocycles. The Morgan fingerprint density at radius 2 is 1.84 bits per heavy atom. The van der Waals surface area contributed by atoms with E-state index in [4.69, 9.17) is 0 Å². The van der Waals surface area contributed by atoms with E-state index in [9.17, 15) is 0 Å². The number of rotatable bonds is 5.